The van der Waals surface area contributed by atoms with Gasteiger partial charge in [0.15, 0.2) is 23.0 Å². The third kappa shape index (κ3) is 14.8. The van der Waals surface area contributed by atoms with E-state index in [1.807, 2.05) is 48.5 Å². The fraction of sp³-hybridized carbons (Fsp3) is 0.333. The molecule has 4 atom stereocenters. The fourth-order valence-electron chi connectivity index (χ4n) is 13.2. The van der Waals surface area contributed by atoms with Crippen LogP contribution in [0, 0.1) is 0 Å². The molecule has 2 saturated heterocycles. The molecule has 0 bridgehead atoms. The Bertz CT molecular complexity index is 3990. The Morgan fingerprint density at radius 2 is 0.792 bits per heavy atom. The highest BCUT2D eigenvalue weighted by Gasteiger charge is 2.45. The van der Waals surface area contributed by atoms with Crippen molar-refractivity contribution in [2.75, 3.05) is 104 Å². The lowest BCUT2D eigenvalue weighted by Gasteiger charge is -2.39. The van der Waals surface area contributed by atoms with Gasteiger partial charge in [0.2, 0.25) is 20.0 Å². The van der Waals surface area contributed by atoms with E-state index in [4.69, 9.17) is 18.9 Å². The highest BCUT2D eigenvalue weighted by molar-refractivity contribution is 7.91. The minimum absolute atomic E-state index is 0.143. The minimum atomic E-state index is -3.65. The summed E-state index contributed by atoms with van der Waals surface area (Å²) in [5, 5.41) is 3.42. The zero-order valence-corrected chi connectivity index (χ0v) is 57.9. The van der Waals surface area contributed by atoms with Crippen LogP contribution >= 0.6 is 22.7 Å². The molecule has 6 heterocycles. The molecule has 0 spiro atoms. The number of benzene rings is 6. The van der Waals surface area contributed by atoms with Crippen molar-refractivity contribution in [3.05, 3.63) is 213 Å². The van der Waals surface area contributed by atoms with Gasteiger partial charge in [0, 0.05) is 77.5 Å². The number of anilines is 2. The van der Waals surface area contributed by atoms with Crippen molar-refractivity contribution in [1.29, 1.82) is 0 Å². The molecule has 8 aromatic rings. The van der Waals surface area contributed by atoms with E-state index in [0.29, 0.717) is 82.1 Å². The summed E-state index contributed by atoms with van der Waals surface area (Å²) < 4.78 is 78.7. The first-order chi connectivity index (χ1) is 46.5. The molecule has 4 aliphatic rings. The molecular weight excluding hydrogens is 1300 g/mol. The van der Waals surface area contributed by atoms with Crippen LogP contribution in [0.4, 0.5) is 11.4 Å². The van der Waals surface area contributed by atoms with E-state index in [9.17, 15) is 36.0 Å². The van der Waals surface area contributed by atoms with Gasteiger partial charge in [0.1, 0.15) is 8.42 Å². The molecule has 0 aliphatic carbocycles. The van der Waals surface area contributed by atoms with Crippen LogP contribution in [0.25, 0.3) is 0 Å². The molecular formula is C72H80N8O12S4. The first-order valence-corrected chi connectivity index (χ1v) is 36.8. The quantitative estimate of drug-likeness (QED) is 0.0381. The largest absolute Gasteiger partial charge is 0.493 e. The molecule has 0 radical (unpaired) electrons. The molecule has 24 heteroatoms. The Morgan fingerprint density at radius 1 is 0.417 bits per heavy atom. The van der Waals surface area contributed by atoms with E-state index in [1.54, 1.807) is 85.6 Å². The number of nitrogens with zero attached hydrogens (tertiary/aromatic N) is 6. The number of amides is 4. The van der Waals surface area contributed by atoms with E-state index in [1.165, 1.54) is 35.1 Å². The smallest absolute Gasteiger partial charge is 0.264 e. The lowest BCUT2D eigenvalue weighted by atomic mass is 9.99. The van der Waals surface area contributed by atoms with Crippen LogP contribution in [-0.4, -0.2) is 154 Å². The van der Waals surface area contributed by atoms with Crippen molar-refractivity contribution in [2.45, 2.75) is 72.1 Å². The molecule has 2 fully saturated rings. The Balaban J connectivity index is 0.000000195. The van der Waals surface area contributed by atoms with E-state index >= 15 is 0 Å². The van der Waals surface area contributed by atoms with Crippen molar-refractivity contribution in [3.63, 3.8) is 0 Å². The maximum atomic E-state index is 14.4. The highest BCUT2D eigenvalue weighted by Crippen LogP contribution is 2.43. The first-order valence-electron chi connectivity index (χ1n) is 32.1. The second-order valence-electron chi connectivity index (χ2n) is 23.8. The Kier molecular flexibility index (Phi) is 22.1. The van der Waals surface area contributed by atoms with Gasteiger partial charge in [-0.15, -0.1) is 22.7 Å². The van der Waals surface area contributed by atoms with Gasteiger partial charge < -0.3 is 28.7 Å². The summed E-state index contributed by atoms with van der Waals surface area (Å²) in [7, 11) is -1.15. The van der Waals surface area contributed by atoms with Gasteiger partial charge in [-0.2, -0.15) is 0 Å². The molecule has 2 N–H and O–H groups in total. The number of fused-ring (bicyclic) bond motifs is 2. The number of ether oxygens (including phenoxy) is 4. The topological polar surface area (TPSA) is 217 Å². The number of piperazine rings is 2. The lowest BCUT2D eigenvalue weighted by molar-refractivity contribution is 0.0557. The van der Waals surface area contributed by atoms with Gasteiger partial charge in [-0.25, -0.2) is 26.3 Å². The van der Waals surface area contributed by atoms with Crippen molar-refractivity contribution in [1.82, 2.24) is 29.0 Å². The molecule has 12 rings (SSSR count). The van der Waals surface area contributed by atoms with Crippen molar-refractivity contribution in [2.24, 2.45) is 0 Å². The number of nitrogens with one attached hydrogen (secondary N) is 2. The predicted octanol–water partition coefficient (Wildman–Crippen LogP) is 11.5. The Labute approximate surface area is 570 Å². The second-order valence-corrected chi connectivity index (χ2v) is 29.7. The Morgan fingerprint density at radius 3 is 1.14 bits per heavy atom. The molecule has 4 aliphatic heterocycles. The average molecular weight is 1380 g/mol. The maximum Gasteiger partial charge on any atom is 0.264 e. The van der Waals surface area contributed by atoms with E-state index in [-0.39, 0.29) is 57.2 Å². The van der Waals surface area contributed by atoms with Crippen molar-refractivity contribution >= 4 is 77.7 Å². The third-order valence-electron chi connectivity index (χ3n) is 18.4. The number of rotatable bonds is 26. The lowest BCUT2D eigenvalue weighted by Crippen LogP contribution is -2.47. The number of methoxy groups -OCH3 is 4. The van der Waals surface area contributed by atoms with Crippen molar-refractivity contribution in [3.8, 4) is 23.0 Å². The van der Waals surface area contributed by atoms with Crippen LogP contribution in [0.5, 0.6) is 23.0 Å². The van der Waals surface area contributed by atoms with Crippen LogP contribution in [0.2, 0.25) is 0 Å². The molecule has 0 saturated carbocycles. The summed E-state index contributed by atoms with van der Waals surface area (Å²) >= 11 is 2.29. The molecule has 4 amide bonds. The summed E-state index contributed by atoms with van der Waals surface area (Å²) in [6.45, 7) is 10.9. The van der Waals surface area contributed by atoms with Gasteiger partial charge in [-0.05, 0) is 133 Å². The maximum absolute atomic E-state index is 14.4. The highest BCUT2D eigenvalue weighted by atomic mass is 32.3. The molecule has 504 valence electrons. The third-order valence-corrected chi connectivity index (χ3v) is 24.2. The van der Waals surface area contributed by atoms with Crippen LogP contribution in [0.1, 0.15) is 127 Å². The molecule has 0 unspecified atom stereocenters. The van der Waals surface area contributed by atoms with Gasteiger partial charge in [-0.3, -0.25) is 38.8 Å². The first kappa shape index (κ1) is 68.9. The summed E-state index contributed by atoms with van der Waals surface area (Å²) in [6.07, 6.45) is 1.43. The van der Waals surface area contributed by atoms with Crippen LogP contribution < -0.4 is 38.2 Å². The van der Waals surface area contributed by atoms with Gasteiger partial charge in [0.05, 0.1) is 74.2 Å². The summed E-state index contributed by atoms with van der Waals surface area (Å²) in [6, 6.07) is 48.2. The number of hydrogen-bond donors (Lipinski definition) is 2. The van der Waals surface area contributed by atoms with Gasteiger partial charge >= 0.3 is 0 Å². The van der Waals surface area contributed by atoms with E-state index in [2.05, 4.69) is 91.4 Å². The van der Waals surface area contributed by atoms with Crippen molar-refractivity contribution < 1.29 is 55.0 Å². The second kappa shape index (κ2) is 30.7. The molecule has 6 aromatic carbocycles. The standard InChI is InChI=1S/2C36H40N4O6S2/c2*1-25(26-10-5-4-6-11-26)38-19-21-39(22-20-38)30-13-7-12-28-34(30)36(42)40(35(28)41)29(27-16-17-31(45-2)32(24-27)46-3)14-8-18-37-48(43,44)33-15-9-23-47-33/h2*4-7,9-13,15-17,23-25,29,37H,8,14,18-22H2,1-3H3/t25-,29+;25-,29-/m11/s1. The molecule has 96 heavy (non-hydrogen) atoms. The summed E-state index contributed by atoms with van der Waals surface area (Å²) in [5.41, 5.74) is 7.01. The molecule has 2 aromatic heterocycles. The number of thiophene rings is 2. The normalized spacial score (nSPS) is 16.6. The SMILES string of the molecule is COc1ccc([C@@H](CCCNS(=O)(=O)c2cccs2)N2C(=O)c3cccc(N4CCN([C@H](C)c5ccccc5)CC4)c3C2=O)cc1OC.COc1ccc([C@H](CCCNS(=O)(=O)c2cccs2)N2C(=O)c3cccc(N4CCN([C@H](C)c5ccccc5)CC4)c3C2=O)cc1OC. The van der Waals surface area contributed by atoms with Gasteiger partial charge in [-0.1, -0.05) is 97.1 Å². The average Bonchev–Trinajstić information content (AvgIpc) is 1.60. The molecule has 20 nitrogen and oxygen atoms in total. The Hall–Kier alpha value is -8.46. The summed E-state index contributed by atoms with van der Waals surface area (Å²) in [5.74, 6) is 0.535. The minimum Gasteiger partial charge on any atom is -0.493 e. The number of hydrogen-bond acceptors (Lipinski definition) is 18. The number of sulfonamides is 2. The fourth-order valence-corrected chi connectivity index (χ4v) is 17.5. The van der Waals surface area contributed by atoms with Crippen LogP contribution in [0.3, 0.4) is 0 Å². The van der Waals surface area contributed by atoms with E-state index in [0.717, 1.165) is 86.4 Å². The van der Waals surface area contributed by atoms with Crippen LogP contribution in [-0.2, 0) is 20.0 Å². The number of carbonyl (C=O) groups excluding carboxylic acids is 4. The monoisotopic (exact) mass is 1380 g/mol. The van der Waals surface area contributed by atoms with Gasteiger partial charge in [0.25, 0.3) is 23.6 Å². The number of carbonyl (C=O) groups is 4. The zero-order valence-electron chi connectivity index (χ0n) is 54.6. The van der Waals surface area contributed by atoms with E-state index < -0.39 is 32.1 Å². The summed E-state index contributed by atoms with van der Waals surface area (Å²) in [4.78, 5) is 68.9. The van der Waals surface area contributed by atoms with Crippen LogP contribution in [0.15, 0.2) is 177 Å². The number of imide groups is 2. The predicted molar refractivity (Wildman–Crippen MR) is 373 cm³/mol. The zero-order chi connectivity index (χ0) is 67.7.